The van der Waals surface area contributed by atoms with Gasteiger partial charge >= 0.3 is 0 Å². The van der Waals surface area contributed by atoms with Crippen molar-refractivity contribution in [1.82, 2.24) is 0 Å². The molecule has 0 heteroatoms. The van der Waals surface area contributed by atoms with E-state index in [2.05, 4.69) is 194 Å². The van der Waals surface area contributed by atoms with Gasteiger partial charge < -0.3 is 0 Å². The summed E-state index contributed by atoms with van der Waals surface area (Å²) < 4.78 is 0. The summed E-state index contributed by atoms with van der Waals surface area (Å²) in [5, 5.41) is 12.6. The molecule has 0 aromatic heterocycles. The SMILES string of the molecule is c1ccc2c(-c3ccc(-c4c5ccccc5c(-c5cccc6ccccc56)c5cc(-c6cccc7ccccc67)ccc45)cc3)cccc2c1. The molecule has 10 rings (SSSR count). The summed E-state index contributed by atoms with van der Waals surface area (Å²) in [4.78, 5) is 0. The van der Waals surface area contributed by atoms with Crippen LogP contribution in [0, 0.1) is 0 Å². The summed E-state index contributed by atoms with van der Waals surface area (Å²) in [5.41, 5.74) is 10.0. The Kier molecular flexibility index (Phi) is 6.60. The molecule has 10 aromatic rings. The van der Waals surface area contributed by atoms with Gasteiger partial charge in [0.05, 0.1) is 0 Å². The second-order valence-electron chi connectivity index (χ2n) is 13.2. The summed E-state index contributed by atoms with van der Waals surface area (Å²) in [7, 11) is 0. The third-order valence-electron chi connectivity index (χ3n) is 10.5. The number of hydrogen-bond acceptors (Lipinski definition) is 0. The molecule has 0 aliphatic rings. The van der Waals surface area contributed by atoms with Gasteiger partial charge in [0.25, 0.3) is 0 Å². The Balaban J connectivity index is 1.27. The van der Waals surface area contributed by atoms with E-state index < -0.39 is 0 Å². The van der Waals surface area contributed by atoms with Crippen molar-refractivity contribution in [2.75, 3.05) is 0 Å². The highest BCUT2D eigenvalue weighted by Crippen LogP contribution is 2.47. The minimum atomic E-state index is 1.22. The van der Waals surface area contributed by atoms with E-state index in [1.54, 1.807) is 0 Å². The molecule has 50 heavy (non-hydrogen) atoms. The van der Waals surface area contributed by atoms with Crippen LogP contribution in [0.3, 0.4) is 0 Å². The Labute approximate surface area is 291 Å². The van der Waals surface area contributed by atoms with Crippen LogP contribution in [-0.2, 0) is 0 Å². The molecule has 0 spiro atoms. The molecule has 0 radical (unpaired) electrons. The maximum Gasteiger partial charge on any atom is -0.00199 e. The van der Waals surface area contributed by atoms with Gasteiger partial charge in [-0.1, -0.05) is 188 Å². The standard InChI is InChI=1S/C50H32/c1-4-18-39-33(12-1)15-9-23-41(39)36-26-28-37(29-27-36)49-45-21-7-8-22-46(45)50(44-25-11-17-35-14-3-6-20-42(35)44)48-32-38(30-31-47(48)49)43-24-10-16-34-13-2-5-19-40(34)43/h1-32H. The Morgan fingerprint density at radius 3 is 1.16 bits per heavy atom. The predicted octanol–water partition coefficient (Wildman–Crippen LogP) is 14.1. The lowest BCUT2D eigenvalue weighted by Crippen LogP contribution is -1.93. The second kappa shape index (κ2) is 11.6. The average molecular weight is 633 g/mol. The van der Waals surface area contributed by atoms with Gasteiger partial charge in [-0.05, 0) is 104 Å². The molecule has 0 amide bonds. The molecule has 0 unspecified atom stereocenters. The molecule has 232 valence electrons. The van der Waals surface area contributed by atoms with Crippen LogP contribution in [0.2, 0.25) is 0 Å². The fourth-order valence-corrected chi connectivity index (χ4v) is 8.16. The molecule has 0 saturated heterocycles. The minimum Gasteiger partial charge on any atom is -0.0616 e. The van der Waals surface area contributed by atoms with E-state index in [4.69, 9.17) is 0 Å². The molecule has 0 aliphatic carbocycles. The minimum absolute atomic E-state index is 1.22. The van der Waals surface area contributed by atoms with Crippen LogP contribution in [-0.4, -0.2) is 0 Å². The van der Waals surface area contributed by atoms with Crippen LogP contribution in [0.1, 0.15) is 0 Å². The van der Waals surface area contributed by atoms with Crippen molar-refractivity contribution in [3.05, 3.63) is 194 Å². The van der Waals surface area contributed by atoms with Gasteiger partial charge in [0.1, 0.15) is 0 Å². The lowest BCUT2D eigenvalue weighted by atomic mass is 9.83. The van der Waals surface area contributed by atoms with Crippen molar-refractivity contribution in [2.45, 2.75) is 0 Å². The van der Waals surface area contributed by atoms with Crippen LogP contribution in [0.15, 0.2) is 194 Å². The summed E-state index contributed by atoms with van der Waals surface area (Å²) in [6, 6.07) is 71.4. The summed E-state index contributed by atoms with van der Waals surface area (Å²) >= 11 is 0. The smallest absolute Gasteiger partial charge is 0.00199 e. The highest BCUT2D eigenvalue weighted by atomic mass is 14.2. The van der Waals surface area contributed by atoms with Gasteiger partial charge in [0.15, 0.2) is 0 Å². The number of hydrogen-bond donors (Lipinski definition) is 0. The summed E-state index contributed by atoms with van der Waals surface area (Å²) in [6.07, 6.45) is 0. The first-order valence-corrected chi connectivity index (χ1v) is 17.4. The van der Waals surface area contributed by atoms with Crippen LogP contribution < -0.4 is 0 Å². The van der Waals surface area contributed by atoms with E-state index in [1.807, 2.05) is 0 Å². The van der Waals surface area contributed by atoms with Crippen LogP contribution in [0.5, 0.6) is 0 Å². The summed E-state index contributed by atoms with van der Waals surface area (Å²) in [6.45, 7) is 0. The molecule has 0 N–H and O–H groups in total. The van der Waals surface area contributed by atoms with Crippen molar-refractivity contribution in [3.63, 3.8) is 0 Å². The zero-order chi connectivity index (χ0) is 33.0. The van der Waals surface area contributed by atoms with Gasteiger partial charge in [0.2, 0.25) is 0 Å². The first-order valence-electron chi connectivity index (χ1n) is 17.4. The molecule has 0 saturated carbocycles. The molecular weight excluding hydrogens is 601 g/mol. The maximum atomic E-state index is 2.44. The Bertz CT molecular complexity index is 2890. The van der Waals surface area contributed by atoms with E-state index in [9.17, 15) is 0 Å². The molecule has 0 aliphatic heterocycles. The molecule has 10 aromatic carbocycles. The molecule has 0 atom stereocenters. The van der Waals surface area contributed by atoms with Crippen molar-refractivity contribution in [1.29, 1.82) is 0 Å². The van der Waals surface area contributed by atoms with E-state index >= 15 is 0 Å². The largest absolute Gasteiger partial charge is 0.0616 e. The van der Waals surface area contributed by atoms with E-state index in [0.717, 1.165) is 0 Å². The Hall–Kier alpha value is -6.50. The predicted molar refractivity (Wildman–Crippen MR) is 216 cm³/mol. The molecule has 0 bridgehead atoms. The summed E-state index contributed by atoms with van der Waals surface area (Å²) in [5.74, 6) is 0. The molecule has 0 nitrogen and oxygen atoms in total. The monoisotopic (exact) mass is 632 g/mol. The van der Waals surface area contributed by atoms with Gasteiger partial charge in [-0.3, -0.25) is 0 Å². The van der Waals surface area contributed by atoms with Crippen molar-refractivity contribution in [3.8, 4) is 44.5 Å². The zero-order valence-electron chi connectivity index (χ0n) is 27.5. The van der Waals surface area contributed by atoms with Crippen molar-refractivity contribution >= 4 is 53.9 Å². The third kappa shape index (κ3) is 4.54. The lowest BCUT2D eigenvalue weighted by Gasteiger charge is -2.20. The van der Waals surface area contributed by atoms with E-state index in [1.165, 1.54) is 98.4 Å². The van der Waals surface area contributed by atoms with Crippen LogP contribution >= 0.6 is 0 Å². The lowest BCUT2D eigenvalue weighted by molar-refractivity contribution is 1.63. The van der Waals surface area contributed by atoms with E-state index in [-0.39, 0.29) is 0 Å². The van der Waals surface area contributed by atoms with Gasteiger partial charge in [0, 0.05) is 0 Å². The van der Waals surface area contributed by atoms with E-state index in [0.29, 0.717) is 0 Å². The highest BCUT2D eigenvalue weighted by molar-refractivity contribution is 6.24. The Morgan fingerprint density at radius 2 is 0.580 bits per heavy atom. The van der Waals surface area contributed by atoms with Crippen molar-refractivity contribution in [2.24, 2.45) is 0 Å². The van der Waals surface area contributed by atoms with Crippen molar-refractivity contribution < 1.29 is 0 Å². The van der Waals surface area contributed by atoms with Crippen LogP contribution in [0.25, 0.3) is 98.4 Å². The maximum absolute atomic E-state index is 2.44. The second-order valence-corrected chi connectivity index (χ2v) is 13.2. The fourth-order valence-electron chi connectivity index (χ4n) is 8.16. The normalized spacial score (nSPS) is 11.6. The van der Waals surface area contributed by atoms with Gasteiger partial charge in [-0.2, -0.15) is 0 Å². The highest BCUT2D eigenvalue weighted by Gasteiger charge is 2.19. The number of benzene rings is 10. The molecule has 0 heterocycles. The average Bonchev–Trinajstić information content (AvgIpc) is 3.19. The topological polar surface area (TPSA) is 0 Å². The molecular formula is C50H32. The van der Waals surface area contributed by atoms with Gasteiger partial charge in [-0.15, -0.1) is 0 Å². The third-order valence-corrected chi connectivity index (χ3v) is 10.5. The first kappa shape index (κ1) is 28.5. The number of fused-ring (bicyclic) bond motifs is 5. The van der Waals surface area contributed by atoms with Crippen LogP contribution in [0.4, 0.5) is 0 Å². The van der Waals surface area contributed by atoms with Gasteiger partial charge in [-0.25, -0.2) is 0 Å². The quantitative estimate of drug-likeness (QED) is 0.169. The zero-order valence-corrected chi connectivity index (χ0v) is 27.5. The fraction of sp³-hybridized carbons (Fsp3) is 0. The Morgan fingerprint density at radius 1 is 0.200 bits per heavy atom. The molecule has 0 fully saturated rings. The number of rotatable bonds is 4. The first-order chi connectivity index (χ1) is 24.8.